The van der Waals surface area contributed by atoms with Gasteiger partial charge in [0.2, 0.25) is 0 Å². The Morgan fingerprint density at radius 2 is 1.96 bits per heavy atom. The lowest BCUT2D eigenvalue weighted by molar-refractivity contribution is 0.709. The number of para-hydroxylation sites is 1. The lowest BCUT2D eigenvalue weighted by Crippen LogP contribution is -2.32. The van der Waals surface area contributed by atoms with Crippen LogP contribution in [-0.2, 0) is 0 Å². The maximum atomic E-state index is 13.4. The SMILES string of the molecule is C=C1c2ccccc2N(C)c2nc(C(C)C)n(-c3ccsc3)c(=O)c21. The first-order valence-corrected chi connectivity index (χ1v) is 9.17. The number of rotatable bonds is 2. The summed E-state index contributed by atoms with van der Waals surface area (Å²) in [5.74, 6) is 1.57. The minimum atomic E-state index is -0.0570. The van der Waals surface area contributed by atoms with E-state index >= 15 is 0 Å². The van der Waals surface area contributed by atoms with Crippen LogP contribution >= 0.6 is 11.3 Å². The summed E-state index contributed by atoms with van der Waals surface area (Å²) >= 11 is 1.57. The van der Waals surface area contributed by atoms with Gasteiger partial charge in [0.1, 0.15) is 11.6 Å². The standard InChI is InChI=1S/C20H19N3OS/c1-12(2)18-21-19-17(20(24)23(18)14-9-10-25-11-14)13(3)15-7-5-6-8-16(15)22(19)4/h5-12H,3H2,1-2,4H3. The number of hydrogen-bond acceptors (Lipinski definition) is 4. The molecule has 3 aromatic rings. The molecule has 0 fully saturated rings. The second kappa shape index (κ2) is 5.70. The van der Waals surface area contributed by atoms with E-state index in [1.165, 1.54) is 0 Å². The molecular formula is C20H19N3OS. The van der Waals surface area contributed by atoms with Gasteiger partial charge in [-0.25, -0.2) is 4.98 Å². The van der Waals surface area contributed by atoms with Crippen LogP contribution in [0.1, 0.15) is 36.7 Å². The maximum absolute atomic E-state index is 13.4. The Morgan fingerprint density at radius 1 is 1.20 bits per heavy atom. The van der Waals surface area contributed by atoms with Crippen LogP contribution in [-0.4, -0.2) is 16.6 Å². The predicted molar refractivity (Wildman–Crippen MR) is 104 cm³/mol. The van der Waals surface area contributed by atoms with Crippen LogP contribution in [0.25, 0.3) is 11.3 Å². The summed E-state index contributed by atoms with van der Waals surface area (Å²) in [6.07, 6.45) is 0. The third kappa shape index (κ3) is 2.27. The average molecular weight is 349 g/mol. The molecule has 2 aromatic heterocycles. The molecule has 5 heteroatoms. The lowest BCUT2D eigenvalue weighted by Gasteiger charge is -2.31. The van der Waals surface area contributed by atoms with Crippen LogP contribution in [0.15, 0.2) is 52.5 Å². The molecule has 0 saturated heterocycles. The van der Waals surface area contributed by atoms with Crippen LogP contribution in [0.2, 0.25) is 0 Å². The van der Waals surface area contributed by atoms with Crippen LogP contribution in [0.3, 0.4) is 0 Å². The highest BCUT2D eigenvalue weighted by Gasteiger charge is 2.29. The van der Waals surface area contributed by atoms with Crippen molar-refractivity contribution in [1.82, 2.24) is 9.55 Å². The van der Waals surface area contributed by atoms with E-state index in [2.05, 4.69) is 20.4 Å². The number of anilines is 2. The highest BCUT2D eigenvalue weighted by Crippen LogP contribution is 2.41. The molecule has 0 saturated carbocycles. The van der Waals surface area contributed by atoms with Gasteiger partial charge in [0.15, 0.2) is 0 Å². The molecule has 1 aliphatic heterocycles. The molecular weight excluding hydrogens is 330 g/mol. The summed E-state index contributed by atoms with van der Waals surface area (Å²) < 4.78 is 1.73. The van der Waals surface area contributed by atoms with Crippen molar-refractivity contribution in [3.63, 3.8) is 0 Å². The molecule has 0 spiro atoms. The summed E-state index contributed by atoms with van der Waals surface area (Å²) in [6.45, 7) is 8.33. The molecule has 25 heavy (non-hydrogen) atoms. The zero-order chi connectivity index (χ0) is 17.7. The quantitative estimate of drug-likeness (QED) is 0.681. The first-order valence-electron chi connectivity index (χ1n) is 8.22. The van der Waals surface area contributed by atoms with E-state index in [4.69, 9.17) is 4.98 Å². The number of benzene rings is 1. The van der Waals surface area contributed by atoms with Gasteiger partial charge in [-0.15, -0.1) is 0 Å². The molecule has 0 radical (unpaired) electrons. The molecule has 0 amide bonds. The normalized spacial score (nSPS) is 13.1. The van der Waals surface area contributed by atoms with Gasteiger partial charge in [-0.1, -0.05) is 38.6 Å². The van der Waals surface area contributed by atoms with Crippen LogP contribution in [0.4, 0.5) is 11.5 Å². The molecule has 0 bridgehead atoms. The second-order valence-electron chi connectivity index (χ2n) is 6.50. The van der Waals surface area contributed by atoms with Crippen molar-refractivity contribution in [2.24, 2.45) is 0 Å². The van der Waals surface area contributed by atoms with Gasteiger partial charge in [-0.3, -0.25) is 9.36 Å². The van der Waals surface area contributed by atoms with Crippen LogP contribution in [0, 0.1) is 0 Å². The van der Waals surface area contributed by atoms with E-state index in [0.717, 1.165) is 28.3 Å². The topological polar surface area (TPSA) is 38.1 Å². The molecule has 3 heterocycles. The number of hydrogen-bond donors (Lipinski definition) is 0. The molecule has 4 rings (SSSR count). The Balaban J connectivity index is 2.07. The number of aromatic nitrogens is 2. The first kappa shape index (κ1) is 15.8. The molecule has 0 N–H and O–H groups in total. The fourth-order valence-electron chi connectivity index (χ4n) is 3.32. The molecule has 0 unspecified atom stereocenters. The Kier molecular flexibility index (Phi) is 3.62. The molecule has 126 valence electrons. The van der Waals surface area contributed by atoms with Crippen LogP contribution < -0.4 is 10.5 Å². The van der Waals surface area contributed by atoms with E-state index in [-0.39, 0.29) is 11.5 Å². The predicted octanol–water partition coefficient (Wildman–Crippen LogP) is 4.56. The zero-order valence-corrected chi connectivity index (χ0v) is 15.3. The minimum absolute atomic E-state index is 0.0570. The lowest BCUT2D eigenvalue weighted by atomic mass is 9.94. The summed E-state index contributed by atoms with van der Waals surface area (Å²) in [7, 11) is 1.95. The Bertz CT molecular complexity index is 1030. The Labute approximate surface area is 150 Å². The van der Waals surface area contributed by atoms with E-state index in [0.29, 0.717) is 11.4 Å². The molecule has 0 atom stereocenters. The van der Waals surface area contributed by atoms with Gasteiger partial charge >= 0.3 is 0 Å². The van der Waals surface area contributed by atoms with E-state index in [1.807, 2.05) is 53.0 Å². The van der Waals surface area contributed by atoms with Gasteiger partial charge in [0, 0.05) is 29.6 Å². The maximum Gasteiger partial charge on any atom is 0.268 e. The second-order valence-corrected chi connectivity index (χ2v) is 7.28. The van der Waals surface area contributed by atoms with E-state index in [9.17, 15) is 4.79 Å². The smallest absolute Gasteiger partial charge is 0.268 e. The zero-order valence-electron chi connectivity index (χ0n) is 14.5. The monoisotopic (exact) mass is 349 g/mol. The fraction of sp³-hybridized carbons (Fsp3) is 0.200. The van der Waals surface area contributed by atoms with Crippen LogP contribution in [0.5, 0.6) is 0 Å². The molecule has 1 aromatic carbocycles. The molecule has 0 aliphatic carbocycles. The van der Waals surface area contributed by atoms with E-state index in [1.54, 1.807) is 15.9 Å². The number of thiophene rings is 1. The van der Waals surface area contributed by atoms with Gasteiger partial charge in [-0.2, -0.15) is 11.3 Å². The van der Waals surface area contributed by atoms with Crippen molar-refractivity contribution >= 4 is 28.4 Å². The van der Waals surface area contributed by atoms with Crippen molar-refractivity contribution < 1.29 is 0 Å². The summed E-state index contributed by atoms with van der Waals surface area (Å²) in [5, 5.41) is 3.95. The Hall–Kier alpha value is -2.66. The third-order valence-corrected chi connectivity index (χ3v) is 5.25. The first-order chi connectivity index (χ1) is 12.0. The molecule has 4 nitrogen and oxygen atoms in total. The number of nitrogens with zero attached hydrogens (tertiary/aromatic N) is 3. The van der Waals surface area contributed by atoms with Crippen molar-refractivity contribution in [2.45, 2.75) is 19.8 Å². The van der Waals surface area contributed by atoms with Gasteiger partial charge < -0.3 is 4.90 Å². The summed E-state index contributed by atoms with van der Waals surface area (Å²) in [6, 6.07) is 9.95. The average Bonchev–Trinajstić information content (AvgIpc) is 3.13. The Morgan fingerprint density at radius 3 is 2.64 bits per heavy atom. The van der Waals surface area contributed by atoms with Crippen molar-refractivity contribution in [1.29, 1.82) is 0 Å². The van der Waals surface area contributed by atoms with Gasteiger partial charge in [-0.05, 0) is 23.1 Å². The van der Waals surface area contributed by atoms with Crippen molar-refractivity contribution in [3.05, 3.63) is 75.0 Å². The summed E-state index contributed by atoms with van der Waals surface area (Å²) in [5.41, 5.74) is 4.12. The largest absolute Gasteiger partial charge is 0.328 e. The third-order valence-electron chi connectivity index (χ3n) is 4.58. The van der Waals surface area contributed by atoms with E-state index < -0.39 is 0 Å². The highest BCUT2D eigenvalue weighted by atomic mass is 32.1. The minimum Gasteiger partial charge on any atom is -0.328 e. The highest BCUT2D eigenvalue weighted by molar-refractivity contribution is 7.08. The number of fused-ring (bicyclic) bond motifs is 2. The summed E-state index contributed by atoms with van der Waals surface area (Å²) in [4.78, 5) is 20.3. The molecule has 1 aliphatic rings. The van der Waals surface area contributed by atoms with Gasteiger partial charge in [0.05, 0.1) is 11.3 Å². The van der Waals surface area contributed by atoms with Crippen molar-refractivity contribution in [2.75, 3.05) is 11.9 Å². The van der Waals surface area contributed by atoms with Crippen molar-refractivity contribution in [3.8, 4) is 5.69 Å². The fourth-order valence-corrected chi connectivity index (χ4v) is 3.94. The van der Waals surface area contributed by atoms with Gasteiger partial charge in [0.25, 0.3) is 5.56 Å².